The third-order valence-corrected chi connectivity index (χ3v) is 2.23. The highest BCUT2D eigenvalue weighted by Gasteiger charge is 1.99. The van der Waals surface area contributed by atoms with Crippen molar-refractivity contribution < 1.29 is 4.74 Å². The van der Waals surface area contributed by atoms with E-state index in [2.05, 4.69) is 11.1 Å². The van der Waals surface area contributed by atoms with Crippen molar-refractivity contribution in [1.29, 1.82) is 5.26 Å². The number of aromatic nitrogens is 1. The van der Waals surface area contributed by atoms with Crippen molar-refractivity contribution in [1.82, 2.24) is 4.98 Å². The zero-order valence-electron chi connectivity index (χ0n) is 8.40. The van der Waals surface area contributed by atoms with Gasteiger partial charge in [0.2, 0.25) is 0 Å². The molecule has 1 aromatic carbocycles. The highest BCUT2D eigenvalue weighted by Crippen LogP contribution is 2.19. The molecule has 3 heteroatoms. The minimum Gasteiger partial charge on any atom is -0.497 e. The van der Waals surface area contributed by atoms with Crippen LogP contribution < -0.4 is 4.74 Å². The van der Waals surface area contributed by atoms with Crippen molar-refractivity contribution in [3.63, 3.8) is 0 Å². The Morgan fingerprint density at radius 2 is 2.27 bits per heavy atom. The maximum absolute atomic E-state index is 8.59. The molecule has 0 aliphatic carbocycles. The Balaban J connectivity index is 2.53. The number of fused-ring (bicyclic) bond motifs is 1. The van der Waals surface area contributed by atoms with E-state index < -0.39 is 0 Å². The Bertz CT molecular complexity index is 529. The van der Waals surface area contributed by atoms with Gasteiger partial charge in [-0.15, -0.1) is 0 Å². The minimum atomic E-state index is 0.389. The van der Waals surface area contributed by atoms with Gasteiger partial charge in [-0.25, -0.2) is 0 Å². The normalized spacial score (nSPS) is 9.87. The first-order valence-electron chi connectivity index (χ1n) is 4.63. The topological polar surface area (TPSA) is 45.9 Å². The second kappa shape index (κ2) is 3.97. The largest absolute Gasteiger partial charge is 0.497 e. The van der Waals surface area contributed by atoms with E-state index in [-0.39, 0.29) is 0 Å². The van der Waals surface area contributed by atoms with Gasteiger partial charge < -0.3 is 4.74 Å². The molecule has 2 aromatic rings. The average molecular weight is 198 g/mol. The molecule has 0 bridgehead atoms. The molecular formula is C12H10N2O. The summed E-state index contributed by atoms with van der Waals surface area (Å²) < 4.78 is 5.13. The standard InChI is InChI=1S/C12H10N2O/c1-15-11-2-3-12-10(7-11)6-9(4-5-13)8-14-12/h2-3,6-8H,4H2,1H3. The highest BCUT2D eigenvalue weighted by molar-refractivity contribution is 5.80. The van der Waals surface area contributed by atoms with Gasteiger partial charge in [-0.1, -0.05) is 0 Å². The van der Waals surface area contributed by atoms with Gasteiger partial charge in [0.1, 0.15) is 5.75 Å². The lowest BCUT2D eigenvalue weighted by atomic mass is 10.1. The Morgan fingerprint density at radius 3 is 3.00 bits per heavy atom. The van der Waals surface area contributed by atoms with E-state index in [4.69, 9.17) is 10.00 Å². The van der Waals surface area contributed by atoms with Gasteiger partial charge in [-0.3, -0.25) is 4.98 Å². The highest BCUT2D eigenvalue weighted by atomic mass is 16.5. The molecule has 1 aromatic heterocycles. The molecule has 0 fully saturated rings. The quantitative estimate of drug-likeness (QED) is 0.743. The Hall–Kier alpha value is -2.08. The van der Waals surface area contributed by atoms with E-state index in [0.717, 1.165) is 22.2 Å². The molecule has 0 aliphatic rings. The summed E-state index contributed by atoms with van der Waals surface area (Å²) in [6, 6.07) is 9.77. The van der Waals surface area contributed by atoms with Crippen LogP contribution >= 0.6 is 0 Å². The van der Waals surface area contributed by atoms with Crippen LogP contribution in [-0.4, -0.2) is 12.1 Å². The predicted molar refractivity (Wildman–Crippen MR) is 57.6 cm³/mol. The zero-order valence-corrected chi connectivity index (χ0v) is 8.40. The van der Waals surface area contributed by atoms with E-state index in [0.29, 0.717) is 6.42 Å². The molecule has 0 radical (unpaired) electrons. The van der Waals surface area contributed by atoms with E-state index in [1.165, 1.54) is 0 Å². The van der Waals surface area contributed by atoms with Gasteiger partial charge in [0, 0.05) is 11.6 Å². The number of nitrogens with zero attached hydrogens (tertiary/aromatic N) is 2. The van der Waals surface area contributed by atoms with Gasteiger partial charge in [0.15, 0.2) is 0 Å². The Kier molecular flexibility index (Phi) is 2.51. The van der Waals surface area contributed by atoms with Crippen LogP contribution in [0.2, 0.25) is 0 Å². The number of hydrogen-bond acceptors (Lipinski definition) is 3. The van der Waals surface area contributed by atoms with E-state index in [1.54, 1.807) is 13.3 Å². The number of hydrogen-bond donors (Lipinski definition) is 0. The Morgan fingerprint density at radius 1 is 1.40 bits per heavy atom. The summed E-state index contributed by atoms with van der Waals surface area (Å²) >= 11 is 0. The van der Waals surface area contributed by atoms with Crippen LogP contribution in [0.15, 0.2) is 30.5 Å². The smallest absolute Gasteiger partial charge is 0.119 e. The van der Waals surface area contributed by atoms with Gasteiger partial charge >= 0.3 is 0 Å². The Labute approximate surface area is 87.9 Å². The molecule has 15 heavy (non-hydrogen) atoms. The second-order valence-electron chi connectivity index (χ2n) is 3.24. The van der Waals surface area contributed by atoms with Crippen molar-refractivity contribution >= 4 is 10.9 Å². The number of pyridine rings is 1. The molecule has 0 amide bonds. The molecule has 0 atom stereocenters. The van der Waals surface area contributed by atoms with Crippen LogP contribution in [-0.2, 0) is 6.42 Å². The lowest BCUT2D eigenvalue weighted by molar-refractivity contribution is 0.415. The predicted octanol–water partition coefficient (Wildman–Crippen LogP) is 2.31. The van der Waals surface area contributed by atoms with Gasteiger partial charge in [0.05, 0.1) is 25.1 Å². The summed E-state index contributed by atoms with van der Waals surface area (Å²) in [4.78, 5) is 4.27. The van der Waals surface area contributed by atoms with Crippen LogP contribution in [0.25, 0.3) is 10.9 Å². The number of rotatable bonds is 2. The first kappa shape index (κ1) is 9.47. The summed E-state index contributed by atoms with van der Waals surface area (Å²) in [7, 11) is 1.63. The molecule has 0 saturated carbocycles. The molecule has 0 unspecified atom stereocenters. The fourth-order valence-electron chi connectivity index (χ4n) is 1.47. The second-order valence-corrected chi connectivity index (χ2v) is 3.24. The molecule has 74 valence electrons. The summed E-state index contributed by atoms with van der Waals surface area (Å²) in [5, 5.41) is 9.59. The molecule has 0 saturated heterocycles. The summed E-state index contributed by atoms with van der Waals surface area (Å²) in [5.74, 6) is 0.804. The van der Waals surface area contributed by atoms with Crippen molar-refractivity contribution in [3.8, 4) is 11.8 Å². The third-order valence-electron chi connectivity index (χ3n) is 2.23. The van der Waals surface area contributed by atoms with Gasteiger partial charge in [-0.05, 0) is 29.8 Å². The monoisotopic (exact) mass is 198 g/mol. The van der Waals surface area contributed by atoms with Crippen molar-refractivity contribution in [2.75, 3.05) is 7.11 Å². The fraction of sp³-hybridized carbons (Fsp3) is 0.167. The van der Waals surface area contributed by atoms with Crippen LogP contribution in [0.3, 0.4) is 0 Å². The van der Waals surface area contributed by atoms with E-state index in [1.807, 2.05) is 24.3 Å². The van der Waals surface area contributed by atoms with Crippen molar-refractivity contribution in [2.45, 2.75) is 6.42 Å². The zero-order chi connectivity index (χ0) is 10.7. The summed E-state index contributed by atoms with van der Waals surface area (Å²) in [6.45, 7) is 0. The lowest BCUT2D eigenvalue weighted by Gasteiger charge is -2.02. The molecule has 2 rings (SSSR count). The first-order valence-corrected chi connectivity index (χ1v) is 4.63. The van der Waals surface area contributed by atoms with Crippen LogP contribution in [0.4, 0.5) is 0 Å². The maximum Gasteiger partial charge on any atom is 0.119 e. The number of methoxy groups -OCH3 is 1. The minimum absolute atomic E-state index is 0.389. The fourth-order valence-corrected chi connectivity index (χ4v) is 1.47. The van der Waals surface area contributed by atoms with Crippen LogP contribution in [0, 0.1) is 11.3 Å². The van der Waals surface area contributed by atoms with Gasteiger partial charge in [-0.2, -0.15) is 5.26 Å². The number of benzene rings is 1. The SMILES string of the molecule is COc1ccc2ncc(CC#N)cc2c1. The van der Waals surface area contributed by atoms with Gasteiger partial charge in [0.25, 0.3) is 0 Å². The molecule has 1 heterocycles. The lowest BCUT2D eigenvalue weighted by Crippen LogP contribution is -1.87. The van der Waals surface area contributed by atoms with Crippen LogP contribution in [0.1, 0.15) is 5.56 Å². The van der Waals surface area contributed by atoms with E-state index in [9.17, 15) is 0 Å². The number of nitriles is 1. The third kappa shape index (κ3) is 1.89. The number of ether oxygens (including phenoxy) is 1. The first-order chi connectivity index (χ1) is 7.33. The maximum atomic E-state index is 8.59. The van der Waals surface area contributed by atoms with Crippen LogP contribution in [0.5, 0.6) is 5.75 Å². The van der Waals surface area contributed by atoms with Crippen molar-refractivity contribution in [2.24, 2.45) is 0 Å². The summed E-state index contributed by atoms with van der Waals surface area (Å²) in [6.07, 6.45) is 2.12. The van der Waals surface area contributed by atoms with E-state index >= 15 is 0 Å². The molecular weight excluding hydrogens is 188 g/mol. The molecule has 0 spiro atoms. The summed E-state index contributed by atoms with van der Waals surface area (Å²) in [5.41, 5.74) is 1.84. The molecule has 0 aliphatic heterocycles. The average Bonchev–Trinajstić information content (AvgIpc) is 2.28. The molecule has 3 nitrogen and oxygen atoms in total. The molecule has 0 N–H and O–H groups in total. The van der Waals surface area contributed by atoms with Crippen molar-refractivity contribution in [3.05, 3.63) is 36.0 Å².